The Hall–Kier alpha value is -1.55. The van der Waals surface area contributed by atoms with Gasteiger partial charge in [-0.3, -0.25) is 4.90 Å². The number of carbonyl (C=O) groups excluding carboxylic acids is 1. The van der Waals surface area contributed by atoms with E-state index in [1.165, 1.54) is 36.8 Å². The summed E-state index contributed by atoms with van der Waals surface area (Å²) in [6.45, 7) is 9.63. The van der Waals surface area contributed by atoms with Gasteiger partial charge in [-0.1, -0.05) is 25.1 Å². The minimum atomic E-state index is -0.466. The van der Waals surface area contributed by atoms with Gasteiger partial charge in [0.15, 0.2) is 0 Å². The van der Waals surface area contributed by atoms with Crippen LogP contribution in [0.5, 0.6) is 0 Å². The predicted octanol–water partition coefficient (Wildman–Crippen LogP) is 4.65. The normalized spacial score (nSPS) is 23.4. The van der Waals surface area contributed by atoms with Crippen molar-refractivity contribution < 1.29 is 9.53 Å². The van der Waals surface area contributed by atoms with E-state index in [1.807, 2.05) is 25.7 Å². The molecule has 1 aliphatic carbocycles. The van der Waals surface area contributed by atoms with E-state index >= 15 is 0 Å². The Kier molecular flexibility index (Phi) is 5.38. The molecule has 3 rings (SSSR count). The molecule has 1 amide bonds. The Morgan fingerprint density at radius 3 is 2.64 bits per heavy atom. The second-order valence-corrected chi connectivity index (χ2v) is 8.64. The topological polar surface area (TPSA) is 41.6 Å². The van der Waals surface area contributed by atoms with Gasteiger partial charge in [-0.15, -0.1) is 0 Å². The van der Waals surface area contributed by atoms with Crippen LogP contribution in [-0.4, -0.2) is 24.3 Å². The van der Waals surface area contributed by atoms with Crippen LogP contribution < -0.4 is 10.2 Å². The summed E-state index contributed by atoms with van der Waals surface area (Å²) in [7, 11) is 0. The van der Waals surface area contributed by atoms with E-state index in [2.05, 4.69) is 30.4 Å². The first kappa shape index (κ1) is 18.2. The second-order valence-electron chi connectivity index (χ2n) is 8.64. The molecule has 1 aromatic carbocycles. The molecule has 2 aliphatic rings. The van der Waals surface area contributed by atoms with E-state index in [1.54, 1.807) is 0 Å². The number of hydrogen-bond acceptors (Lipinski definition) is 3. The van der Waals surface area contributed by atoms with Crippen LogP contribution in [0.2, 0.25) is 0 Å². The Balaban J connectivity index is 1.70. The van der Waals surface area contributed by atoms with Gasteiger partial charge >= 0.3 is 6.09 Å². The lowest BCUT2D eigenvalue weighted by Crippen LogP contribution is -2.37. The number of rotatable bonds is 3. The largest absolute Gasteiger partial charge is 0.443 e. The molecule has 138 valence electrons. The van der Waals surface area contributed by atoms with Crippen LogP contribution >= 0.6 is 0 Å². The monoisotopic (exact) mass is 344 g/mol. The van der Waals surface area contributed by atoms with Crippen molar-refractivity contribution in [3.63, 3.8) is 0 Å². The van der Waals surface area contributed by atoms with E-state index in [9.17, 15) is 4.79 Å². The number of nitrogens with zero attached hydrogens (tertiary/aromatic N) is 1. The fourth-order valence-electron chi connectivity index (χ4n) is 3.90. The summed E-state index contributed by atoms with van der Waals surface area (Å²) in [6.07, 6.45) is 5.81. The van der Waals surface area contributed by atoms with Gasteiger partial charge in [0, 0.05) is 19.1 Å². The number of benzene rings is 1. The summed E-state index contributed by atoms with van der Waals surface area (Å²) in [4.78, 5) is 14.4. The Labute approximate surface area is 151 Å². The van der Waals surface area contributed by atoms with Gasteiger partial charge in [0.05, 0.1) is 5.69 Å². The Bertz CT molecular complexity index is 613. The molecule has 0 unspecified atom stereocenters. The van der Waals surface area contributed by atoms with Crippen LogP contribution in [0.4, 0.5) is 10.5 Å². The zero-order chi connectivity index (χ0) is 18.0. The van der Waals surface area contributed by atoms with E-state index in [0.717, 1.165) is 24.6 Å². The number of fused-ring (bicyclic) bond motifs is 1. The van der Waals surface area contributed by atoms with Gasteiger partial charge in [0.1, 0.15) is 5.60 Å². The molecule has 4 nitrogen and oxygen atoms in total. The first-order valence-electron chi connectivity index (χ1n) is 9.68. The fourth-order valence-corrected chi connectivity index (χ4v) is 3.90. The summed E-state index contributed by atoms with van der Waals surface area (Å²) in [5.41, 5.74) is 3.06. The molecule has 1 heterocycles. The third-order valence-corrected chi connectivity index (χ3v) is 5.29. The quantitative estimate of drug-likeness (QED) is 0.867. The van der Waals surface area contributed by atoms with Crippen molar-refractivity contribution in [2.24, 2.45) is 5.92 Å². The molecule has 0 bridgehead atoms. The number of anilines is 1. The van der Waals surface area contributed by atoms with Crippen molar-refractivity contribution >= 4 is 11.8 Å². The maximum Gasteiger partial charge on any atom is 0.414 e. The average molecular weight is 344 g/mol. The summed E-state index contributed by atoms with van der Waals surface area (Å²) in [5.74, 6) is 0.863. The highest BCUT2D eigenvalue weighted by Crippen LogP contribution is 2.33. The molecule has 1 aromatic rings. The molecule has 4 heteroatoms. The molecule has 0 radical (unpaired) electrons. The van der Waals surface area contributed by atoms with E-state index < -0.39 is 5.60 Å². The molecule has 1 N–H and O–H groups in total. The van der Waals surface area contributed by atoms with E-state index in [4.69, 9.17) is 4.74 Å². The summed E-state index contributed by atoms with van der Waals surface area (Å²) >= 11 is 0. The molecule has 1 aliphatic heterocycles. The molecule has 1 saturated carbocycles. The zero-order valence-corrected chi connectivity index (χ0v) is 16.1. The molecule has 1 fully saturated rings. The fraction of sp³-hybridized carbons (Fsp3) is 0.667. The minimum absolute atomic E-state index is 0.231. The second kappa shape index (κ2) is 7.36. The van der Waals surface area contributed by atoms with Crippen molar-refractivity contribution in [3.8, 4) is 0 Å². The van der Waals surface area contributed by atoms with Crippen molar-refractivity contribution in [2.75, 3.05) is 11.4 Å². The lowest BCUT2D eigenvalue weighted by atomic mass is 9.87. The summed E-state index contributed by atoms with van der Waals surface area (Å²) in [6, 6.07) is 6.98. The predicted molar refractivity (Wildman–Crippen MR) is 102 cm³/mol. The summed E-state index contributed by atoms with van der Waals surface area (Å²) < 4.78 is 5.61. The average Bonchev–Trinajstić information content (AvgIpc) is 2.97. The number of nitrogens with one attached hydrogen (secondary N) is 1. The Morgan fingerprint density at radius 1 is 1.24 bits per heavy atom. The number of carbonyl (C=O) groups is 1. The maximum atomic E-state index is 12.6. The van der Waals surface area contributed by atoms with Crippen LogP contribution in [0.3, 0.4) is 0 Å². The molecular formula is C21H32N2O2. The van der Waals surface area contributed by atoms with Crippen molar-refractivity contribution in [1.29, 1.82) is 0 Å². The summed E-state index contributed by atoms with van der Waals surface area (Å²) in [5, 5.41) is 3.72. The first-order valence-corrected chi connectivity index (χ1v) is 9.68. The standard InChI is InChI=1S/C21H32N2O2/c1-15-8-10-18(11-9-15)22-14-17-7-5-6-16-12-13-23(19(16)17)20(24)25-21(2,3)4/h5-7,15,18,22H,8-14H2,1-4H3. The van der Waals surface area contributed by atoms with Crippen LogP contribution in [-0.2, 0) is 17.7 Å². The first-order chi connectivity index (χ1) is 11.8. The number of hydrogen-bond donors (Lipinski definition) is 1. The van der Waals surface area contributed by atoms with Crippen molar-refractivity contribution in [3.05, 3.63) is 29.3 Å². The molecule has 0 spiro atoms. The van der Waals surface area contributed by atoms with Gasteiger partial charge in [-0.05, 0) is 69.9 Å². The number of amides is 1. The van der Waals surface area contributed by atoms with Gasteiger partial charge in [-0.2, -0.15) is 0 Å². The van der Waals surface area contributed by atoms with Crippen LogP contribution in [0, 0.1) is 5.92 Å². The third-order valence-electron chi connectivity index (χ3n) is 5.29. The SMILES string of the molecule is CC1CCC(NCc2cccc3c2N(C(=O)OC(C)(C)C)CC3)CC1. The highest BCUT2D eigenvalue weighted by molar-refractivity contribution is 5.91. The van der Waals surface area contributed by atoms with Gasteiger partial charge < -0.3 is 10.1 Å². The third kappa shape index (κ3) is 4.55. The van der Waals surface area contributed by atoms with Crippen LogP contribution in [0.1, 0.15) is 64.5 Å². The zero-order valence-electron chi connectivity index (χ0n) is 16.1. The van der Waals surface area contributed by atoms with Gasteiger partial charge in [0.25, 0.3) is 0 Å². The van der Waals surface area contributed by atoms with Crippen LogP contribution in [0.25, 0.3) is 0 Å². The van der Waals surface area contributed by atoms with Crippen molar-refractivity contribution in [2.45, 2.75) is 78.0 Å². The van der Waals surface area contributed by atoms with Crippen LogP contribution in [0.15, 0.2) is 18.2 Å². The highest BCUT2D eigenvalue weighted by Gasteiger charge is 2.31. The lowest BCUT2D eigenvalue weighted by Gasteiger charge is -2.28. The molecule has 0 saturated heterocycles. The van der Waals surface area contributed by atoms with Crippen molar-refractivity contribution in [1.82, 2.24) is 5.32 Å². The molecule has 25 heavy (non-hydrogen) atoms. The molecule has 0 atom stereocenters. The van der Waals surface area contributed by atoms with Gasteiger partial charge in [-0.25, -0.2) is 4.79 Å². The molecular weight excluding hydrogens is 312 g/mol. The molecule has 0 aromatic heterocycles. The number of ether oxygens (including phenoxy) is 1. The minimum Gasteiger partial charge on any atom is -0.443 e. The Morgan fingerprint density at radius 2 is 1.96 bits per heavy atom. The van der Waals surface area contributed by atoms with Gasteiger partial charge in [0.2, 0.25) is 0 Å². The lowest BCUT2D eigenvalue weighted by molar-refractivity contribution is 0.0583. The van der Waals surface area contributed by atoms with E-state index in [-0.39, 0.29) is 6.09 Å². The smallest absolute Gasteiger partial charge is 0.414 e. The maximum absolute atomic E-state index is 12.6. The van der Waals surface area contributed by atoms with E-state index in [0.29, 0.717) is 12.6 Å². The number of para-hydroxylation sites is 1. The highest BCUT2D eigenvalue weighted by atomic mass is 16.6.